The summed E-state index contributed by atoms with van der Waals surface area (Å²) in [4.78, 5) is 10.5. The van der Waals surface area contributed by atoms with Crippen LogP contribution >= 0.6 is 15.9 Å². The Hall–Kier alpha value is -1.88. The summed E-state index contributed by atoms with van der Waals surface area (Å²) in [5.41, 5.74) is 2.41. The van der Waals surface area contributed by atoms with Crippen LogP contribution in [-0.2, 0) is 6.42 Å². The summed E-state index contributed by atoms with van der Waals surface area (Å²) >= 11 is 3.45. The molecule has 2 aromatic rings. The van der Waals surface area contributed by atoms with Crippen LogP contribution in [0.4, 0.5) is 5.69 Å². The van der Waals surface area contributed by atoms with Crippen molar-refractivity contribution in [1.82, 2.24) is 0 Å². The molecule has 0 atom stereocenters. The van der Waals surface area contributed by atoms with Gasteiger partial charge in [-0.15, -0.1) is 0 Å². The molecule has 0 unspecified atom stereocenters. The van der Waals surface area contributed by atoms with E-state index in [1.807, 2.05) is 30.3 Å². The lowest BCUT2D eigenvalue weighted by atomic mass is 10.0. The number of hydrogen-bond acceptors (Lipinski definition) is 2. The molecule has 0 fully saturated rings. The molecule has 19 heavy (non-hydrogen) atoms. The molecule has 4 nitrogen and oxygen atoms in total. The van der Waals surface area contributed by atoms with Crippen LogP contribution in [-0.4, -0.2) is 17.2 Å². The average Bonchev–Trinajstić information content (AvgIpc) is 2.39. The second-order valence-electron chi connectivity index (χ2n) is 4.09. The molecule has 0 heterocycles. The number of halogens is 1. The summed E-state index contributed by atoms with van der Waals surface area (Å²) in [5.74, 6) is 0.793. The molecule has 0 bridgehead atoms. The van der Waals surface area contributed by atoms with Crippen LogP contribution in [0.15, 0.2) is 46.9 Å². The van der Waals surface area contributed by atoms with Crippen LogP contribution in [0.2, 0.25) is 0 Å². The zero-order valence-electron chi connectivity index (χ0n) is 10.3. The highest BCUT2D eigenvalue weighted by Gasteiger charge is 2.10. The Morgan fingerprint density at radius 1 is 1.16 bits per heavy atom. The fourth-order valence-electron chi connectivity index (χ4n) is 1.80. The van der Waals surface area contributed by atoms with E-state index in [9.17, 15) is 4.91 Å². The fraction of sp³-hybridized carbons (Fsp3) is 0.143. The van der Waals surface area contributed by atoms with Crippen LogP contribution in [0.1, 0.15) is 11.1 Å². The maximum atomic E-state index is 10.7. The topological polar surface area (TPSA) is 49.5 Å². The number of hydrogen-bond donors (Lipinski definition) is 1. The largest absolute Gasteiger partial charge is 0.496 e. The molecule has 0 aliphatic heterocycles. The van der Waals surface area contributed by atoms with Crippen LogP contribution < -0.4 is 4.74 Å². The van der Waals surface area contributed by atoms with Gasteiger partial charge in [0.1, 0.15) is 5.75 Å². The van der Waals surface area contributed by atoms with Crippen LogP contribution in [0.3, 0.4) is 0 Å². The highest BCUT2D eigenvalue weighted by atomic mass is 79.9. The van der Waals surface area contributed by atoms with Crippen molar-refractivity contribution in [3.8, 4) is 5.75 Å². The number of methoxy groups -OCH3 is 1. The van der Waals surface area contributed by atoms with E-state index < -0.39 is 0 Å². The Balaban J connectivity index is 2.16. The Morgan fingerprint density at radius 3 is 2.32 bits per heavy atom. The summed E-state index contributed by atoms with van der Waals surface area (Å²) in [6.45, 7) is 0. The molecule has 0 aromatic heterocycles. The predicted octanol–water partition coefficient (Wildman–Crippen LogP) is 3.85. The van der Waals surface area contributed by atoms with E-state index in [2.05, 4.69) is 15.9 Å². The van der Waals surface area contributed by atoms with Gasteiger partial charge in [-0.2, -0.15) is 0 Å². The van der Waals surface area contributed by atoms with Gasteiger partial charge in [-0.25, -0.2) is 5.21 Å². The molecule has 1 N–H and O–H groups in total. The van der Waals surface area contributed by atoms with E-state index in [4.69, 9.17) is 9.94 Å². The Morgan fingerprint density at radius 2 is 1.79 bits per heavy atom. The predicted molar refractivity (Wildman–Crippen MR) is 75.0 cm³/mol. The van der Waals surface area contributed by atoms with Crippen LogP contribution in [0, 0.1) is 4.91 Å². The van der Waals surface area contributed by atoms with Gasteiger partial charge in [0.25, 0.3) is 4.92 Å². The first kappa shape index (κ1) is 13.5. The Bertz CT molecular complexity index is 596. The minimum atomic E-state index is -0.145. The first-order valence-corrected chi connectivity index (χ1v) is 6.47. The maximum Gasteiger partial charge on any atom is 0.316 e. The van der Waals surface area contributed by atoms with E-state index in [1.54, 1.807) is 19.2 Å². The van der Waals surface area contributed by atoms with Crippen molar-refractivity contribution in [3.05, 3.63) is 63.0 Å². The van der Waals surface area contributed by atoms with Gasteiger partial charge < -0.3 is 4.74 Å². The zero-order valence-corrected chi connectivity index (χ0v) is 11.9. The minimum absolute atomic E-state index is 0.145. The molecule has 5 heteroatoms. The van der Waals surface area contributed by atoms with Crippen molar-refractivity contribution in [1.29, 1.82) is 0 Å². The maximum absolute atomic E-state index is 10.7. The van der Waals surface area contributed by atoms with Crippen molar-refractivity contribution in [2.75, 3.05) is 7.11 Å². The number of nitrogens with zero attached hydrogens (tertiary/aromatic N) is 1. The first-order valence-electron chi connectivity index (χ1n) is 5.67. The number of rotatable bonds is 4. The van der Waals surface area contributed by atoms with E-state index >= 15 is 0 Å². The molecule has 0 amide bonds. The number of ether oxygens (including phenoxy) is 1. The third-order valence-electron chi connectivity index (χ3n) is 2.78. The molecule has 0 aliphatic rings. The summed E-state index contributed by atoms with van der Waals surface area (Å²) in [6, 6.07) is 12.7. The lowest BCUT2D eigenvalue weighted by molar-refractivity contribution is -0.729. The van der Waals surface area contributed by atoms with E-state index in [1.165, 1.54) is 0 Å². The van der Waals surface area contributed by atoms with Crippen molar-refractivity contribution in [2.45, 2.75) is 6.42 Å². The lowest BCUT2D eigenvalue weighted by Crippen LogP contribution is -1.93. The Labute approximate surface area is 119 Å². The van der Waals surface area contributed by atoms with Crippen molar-refractivity contribution in [3.63, 3.8) is 0 Å². The Kier molecular flexibility index (Phi) is 4.16. The van der Waals surface area contributed by atoms with Crippen molar-refractivity contribution >= 4 is 21.6 Å². The molecule has 0 radical (unpaired) electrons. The highest BCUT2D eigenvalue weighted by Crippen LogP contribution is 2.26. The minimum Gasteiger partial charge on any atom is -0.496 e. The lowest BCUT2D eigenvalue weighted by Gasteiger charge is -2.06. The second-order valence-corrected chi connectivity index (χ2v) is 4.94. The fourth-order valence-corrected chi connectivity index (χ4v) is 2.38. The van der Waals surface area contributed by atoms with Crippen LogP contribution in [0.25, 0.3) is 0 Å². The molecule has 0 saturated carbocycles. The van der Waals surface area contributed by atoms with E-state index in [0.717, 1.165) is 27.8 Å². The molecule has 0 spiro atoms. The second kappa shape index (κ2) is 5.84. The zero-order chi connectivity index (χ0) is 13.8. The smallest absolute Gasteiger partial charge is 0.316 e. The normalized spacial score (nSPS) is 10.2. The third kappa shape index (κ3) is 3.32. The standard InChI is InChI=1S/C14H13BrNO3/c1-19-14-7-4-11(9-13(14)15)8-10-2-5-12(6-3-10)16(17)18/h2-7,9H,8H2,1H3,(H,17,18)/q+1. The SMILES string of the molecule is COc1ccc(Cc2ccc([N+](=O)O)cc2)cc1Br. The number of benzene rings is 2. The summed E-state index contributed by atoms with van der Waals surface area (Å²) in [6.07, 6.45) is 0.743. The van der Waals surface area contributed by atoms with Gasteiger partial charge in [-0.05, 0) is 45.6 Å². The summed E-state index contributed by atoms with van der Waals surface area (Å²) in [7, 11) is 1.63. The summed E-state index contributed by atoms with van der Waals surface area (Å²) < 4.78 is 6.08. The molecule has 0 saturated heterocycles. The van der Waals surface area contributed by atoms with Crippen molar-refractivity contribution in [2.24, 2.45) is 0 Å². The first-order chi connectivity index (χ1) is 9.10. The molecule has 0 aliphatic carbocycles. The van der Waals surface area contributed by atoms with Gasteiger partial charge in [0.15, 0.2) is 0 Å². The molecule has 2 rings (SSSR count). The third-order valence-corrected chi connectivity index (χ3v) is 3.40. The van der Waals surface area contributed by atoms with Gasteiger partial charge in [0.05, 0.1) is 16.5 Å². The molecule has 98 valence electrons. The van der Waals surface area contributed by atoms with E-state index in [-0.39, 0.29) is 10.6 Å². The quantitative estimate of drug-likeness (QED) is 0.870. The monoisotopic (exact) mass is 322 g/mol. The van der Waals surface area contributed by atoms with Gasteiger partial charge in [0, 0.05) is 12.1 Å². The molecular weight excluding hydrogens is 310 g/mol. The molecular formula is C14H13BrNO3+. The summed E-state index contributed by atoms with van der Waals surface area (Å²) in [5, 5.41) is 8.76. The van der Waals surface area contributed by atoms with Gasteiger partial charge in [-0.1, -0.05) is 18.2 Å². The van der Waals surface area contributed by atoms with Crippen LogP contribution in [0.5, 0.6) is 5.75 Å². The van der Waals surface area contributed by atoms with Gasteiger partial charge in [-0.3, -0.25) is 0 Å². The van der Waals surface area contributed by atoms with Crippen molar-refractivity contribution < 1.29 is 14.9 Å². The van der Waals surface area contributed by atoms with Gasteiger partial charge in [0.2, 0.25) is 0 Å². The highest BCUT2D eigenvalue weighted by molar-refractivity contribution is 9.10. The van der Waals surface area contributed by atoms with Gasteiger partial charge >= 0.3 is 5.69 Å². The van der Waals surface area contributed by atoms with E-state index in [0.29, 0.717) is 0 Å². The average molecular weight is 323 g/mol. The molecule has 2 aromatic carbocycles.